The molecule has 0 bridgehead atoms. The summed E-state index contributed by atoms with van der Waals surface area (Å²) in [6, 6.07) is 0. The molecule has 0 radical (unpaired) electrons. The molecule has 8 aliphatic rings. The Morgan fingerprint density at radius 3 is 2.27 bits per heavy atom. The van der Waals surface area contributed by atoms with Crippen LogP contribution < -0.4 is 0 Å². The lowest BCUT2D eigenvalue weighted by Gasteiger charge is -2.64. The average Bonchev–Trinajstić information content (AvgIpc) is 3.68. The van der Waals surface area contributed by atoms with Gasteiger partial charge in [-0.25, -0.2) is 4.79 Å². The van der Waals surface area contributed by atoms with Crippen LogP contribution >= 0.6 is 0 Å². The first-order valence-corrected chi connectivity index (χ1v) is 20.9. The minimum absolute atomic E-state index is 0.00541. The number of nitrogens with zero attached hydrogens (tertiary/aromatic N) is 2. The standard InChI is InChI=1S/C42H68N2O7/c1-24(2)33(51-37(47)43-17-10-18-43)27-21-26(5)32-34(49-27)35(45)40(9)29-12-11-28-38(6,7)30(50-31-22-44(19-20-48-31)36(46)25(3)4)13-14-41(28)23-42(29,41)16-15-39(32,40)8/h24-35,45H,10-23H2,1-9H3/t26-,27?,28+,29?,30?,31?,32+,33-,34?,35+,39-,40-,41-,42+/m1/s1. The predicted molar refractivity (Wildman–Crippen MR) is 193 cm³/mol. The number of carbonyl (C=O) groups is 2. The van der Waals surface area contributed by atoms with Crippen LogP contribution in [0.2, 0.25) is 0 Å². The number of amides is 2. The van der Waals surface area contributed by atoms with E-state index in [0.29, 0.717) is 42.9 Å². The molecule has 8 rings (SSSR count). The highest BCUT2D eigenvalue weighted by Crippen LogP contribution is 2.89. The maximum Gasteiger partial charge on any atom is 0.410 e. The summed E-state index contributed by atoms with van der Waals surface area (Å²) in [5.41, 5.74) is 0.308. The summed E-state index contributed by atoms with van der Waals surface area (Å²) in [6.45, 7) is 23.6. The van der Waals surface area contributed by atoms with Gasteiger partial charge in [0.15, 0.2) is 6.29 Å². The first kappa shape index (κ1) is 36.6. The second kappa shape index (κ2) is 12.3. The van der Waals surface area contributed by atoms with Crippen LogP contribution in [-0.4, -0.2) is 96.5 Å². The Kier molecular flexibility index (Phi) is 8.81. The maximum absolute atomic E-state index is 13.0. The van der Waals surface area contributed by atoms with E-state index in [1.807, 2.05) is 18.7 Å². The number of ether oxygens (including phenoxy) is 4. The molecule has 288 valence electrons. The lowest BCUT2D eigenvalue weighted by molar-refractivity contribution is -0.248. The van der Waals surface area contributed by atoms with Crippen molar-refractivity contribution in [3.8, 4) is 0 Å². The molecule has 0 aromatic rings. The maximum atomic E-state index is 13.0. The van der Waals surface area contributed by atoms with E-state index in [2.05, 4.69) is 48.5 Å². The Balaban J connectivity index is 1.01. The van der Waals surface area contributed by atoms with Gasteiger partial charge >= 0.3 is 6.09 Å². The molecule has 0 aromatic heterocycles. The van der Waals surface area contributed by atoms with E-state index in [-0.39, 0.29) is 82.1 Å². The molecule has 2 amide bonds. The average molecular weight is 713 g/mol. The number of aliphatic hydroxyl groups excluding tert-OH is 1. The van der Waals surface area contributed by atoms with E-state index < -0.39 is 6.10 Å². The summed E-state index contributed by atoms with van der Waals surface area (Å²) in [7, 11) is 0. The minimum Gasteiger partial charge on any atom is -0.443 e. The lowest BCUT2D eigenvalue weighted by atomic mass is 9.41. The fraction of sp³-hybridized carbons (Fsp3) is 0.952. The molecule has 5 aliphatic carbocycles. The molecule has 1 N–H and O–H groups in total. The molecular formula is C42H68N2O7. The first-order chi connectivity index (χ1) is 24.0. The number of morpholine rings is 1. The van der Waals surface area contributed by atoms with Crippen molar-refractivity contribution in [3.05, 3.63) is 0 Å². The van der Waals surface area contributed by atoms with Crippen molar-refractivity contribution in [1.29, 1.82) is 0 Å². The summed E-state index contributed by atoms with van der Waals surface area (Å²) in [5.74, 6) is 1.98. The summed E-state index contributed by atoms with van der Waals surface area (Å²) < 4.78 is 26.2. The van der Waals surface area contributed by atoms with Crippen LogP contribution in [0.25, 0.3) is 0 Å². The van der Waals surface area contributed by atoms with Gasteiger partial charge in [0.25, 0.3) is 0 Å². The molecule has 5 unspecified atom stereocenters. The molecule has 9 heteroatoms. The van der Waals surface area contributed by atoms with E-state index in [4.69, 9.17) is 18.9 Å². The monoisotopic (exact) mass is 713 g/mol. The number of rotatable bonds is 6. The van der Waals surface area contributed by atoms with Crippen LogP contribution in [0, 0.1) is 62.6 Å². The minimum atomic E-state index is -0.541. The van der Waals surface area contributed by atoms with Crippen molar-refractivity contribution in [2.45, 2.75) is 157 Å². The molecule has 3 heterocycles. The Labute approximate surface area is 307 Å². The summed E-state index contributed by atoms with van der Waals surface area (Å²) >= 11 is 0. The van der Waals surface area contributed by atoms with Gasteiger partial charge in [-0.05, 0) is 109 Å². The van der Waals surface area contributed by atoms with E-state index in [1.165, 1.54) is 19.3 Å². The largest absolute Gasteiger partial charge is 0.443 e. The third kappa shape index (κ3) is 5.04. The van der Waals surface area contributed by atoms with Gasteiger partial charge in [0.1, 0.15) is 6.10 Å². The summed E-state index contributed by atoms with van der Waals surface area (Å²) in [4.78, 5) is 29.5. The topological polar surface area (TPSA) is 97.8 Å². The van der Waals surface area contributed by atoms with Crippen LogP contribution in [0.15, 0.2) is 0 Å². The van der Waals surface area contributed by atoms with Crippen molar-refractivity contribution >= 4 is 12.0 Å². The zero-order chi connectivity index (χ0) is 36.5. The summed E-state index contributed by atoms with van der Waals surface area (Å²) in [6.07, 6.45) is 8.28. The Morgan fingerprint density at radius 2 is 1.61 bits per heavy atom. The number of fused-ring (bicyclic) bond motifs is 4. The highest BCUT2D eigenvalue weighted by Gasteiger charge is 2.84. The van der Waals surface area contributed by atoms with Crippen LogP contribution in [0.1, 0.15) is 120 Å². The zero-order valence-electron chi connectivity index (χ0n) is 33.1. The van der Waals surface area contributed by atoms with Gasteiger partial charge in [-0.3, -0.25) is 4.79 Å². The van der Waals surface area contributed by atoms with Crippen LogP contribution in [-0.2, 0) is 23.7 Å². The van der Waals surface area contributed by atoms with Gasteiger partial charge in [-0.15, -0.1) is 0 Å². The lowest BCUT2D eigenvalue weighted by Crippen LogP contribution is -2.60. The van der Waals surface area contributed by atoms with Gasteiger partial charge in [-0.1, -0.05) is 62.3 Å². The van der Waals surface area contributed by atoms with Crippen molar-refractivity contribution in [3.63, 3.8) is 0 Å². The van der Waals surface area contributed by atoms with Crippen molar-refractivity contribution < 1.29 is 33.6 Å². The van der Waals surface area contributed by atoms with E-state index >= 15 is 0 Å². The van der Waals surface area contributed by atoms with Crippen LogP contribution in [0.5, 0.6) is 0 Å². The third-order valence-electron chi connectivity index (χ3n) is 17.3. The van der Waals surface area contributed by atoms with Gasteiger partial charge in [0.05, 0.1) is 37.6 Å². The Bertz CT molecular complexity index is 1380. The van der Waals surface area contributed by atoms with Crippen LogP contribution in [0.4, 0.5) is 4.79 Å². The number of hydrogen-bond donors (Lipinski definition) is 1. The molecule has 2 spiro atoms. The van der Waals surface area contributed by atoms with Gasteiger partial charge in [0.2, 0.25) is 5.91 Å². The van der Waals surface area contributed by atoms with Crippen LogP contribution in [0.3, 0.4) is 0 Å². The highest BCUT2D eigenvalue weighted by molar-refractivity contribution is 5.78. The van der Waals surface area contributed by atoms with Crippen molar-refractivity contribution in [2.24, 2.45) is 62.6 Å². The van der Waals surface area contributed by atoms with Gasteiger partial charge < -0.3 is 33.9 Å². The molecule has 9 nitrogen and oxygen atoms in total. The molecule has 14 atom stereocenters. The van der Waals surface area contributed by atoms with Crippen molar-refractivity contribution in [1.82, 2.24) is 9.80 Å². The quantitative estimate of drug-likeness (QED) is 0.320. The fourth-order valence-corrected chi connectivity index (χ4v) is 14.5. The molecule has 0 aromatic carbocycles. The third-order valence-corrected chi connectivity index (χ3v) is 17.3. The van der Waals surface area contributed by atoms with E-state index in [1.54, 1.807) is 4.90 Å². The van der Waals surface area contributed by atoms with E-state index in [9.17, 15) is 14.7 Å². The SMILES string of the molecule is CC(C)C(=O)N1CCOC(OC2CC[C@]34C[C@]35CC[C@]3(C)[C@@H]6C(OC([C@H](OC(=O)N7CCC7)C(C)C)C[C@H]6C)[C@H](O)[C@@]3(C)C5CC[C@H]4C2(C)C)C1. The molecule has 51 heavy (non-hydrogen) atoms. The molecule has 5 saturated carbocycles. The normalized spacial score (nSPS) is 48.8. The zero-order valence-corrected chi connectivity index (χ0v) is 33.1. The van der Waals surface area contributed by atoms with Gasteiger partial charge in [0, 0.05) is 31.0 Å². The number of hydrogen-bond acceptors (Lipinski definition) is 7. The van der Waals surface area contributed by atoms with E-state index in [0.717, 1.165) is 51.6 Å². The smallest absolute Gasteiger partial charge is 0.410 e. The number of carbonyl (C=O) groups excluding carboxylic acids is 2. The molecular weight excluding hydrogens is 644 g/mol. The second-order valence-corrected chi connectivity index (χ2v) is 20.4. The fourth-order valence-electron chi connectivity index (χ4n) is 14.5. The number of aliphatic hydroxyl groups is 1. The Morgan fingerprint density at radius 1 is 0.902 bits per heavy atom. The van der Waals surface area contributed by atoms with Crippen molar-refractivity contribution in [2.75, 3.05) is 32.8 Å². The predicted octanol–water partition coefficient (Wildman–Crippen LogP) is 6.89. The molecule has 3 saturated heterocycles. The second-order valence-electron chi connectivity index (χ2n) is 20.4. The Hall–Kier alpha value is -1.42. The molecule has 3 aliphatic heterocycles. The number of likely N-dealkylation sites (tertiary alicyclic amines) is 1. The summed E-state index contributed by atoms with van der Waals surface area (Å²) in [5, 5.41) is 12.7. The highest BCUT2D eigenvalue weighted by atomic mass is 16.7. The van der Waals surface area contributed by atoms with Gasteiger partial charge in [-0.2, -0.15) is 0 Å². The first-order valence-electron chi connectivity index (χ1n) is 20.9. The molecule has 8 fully saturated rings.